The number of carbonyl (C=O) groups is 2. The van der Waals surface area contributed by atoms with Gasteiger partial charge in [0.2, 0.25) is 0 Å². The van der Waals surface area contributed by atoms with Crippen molar-refractivity contribution in [2.24, 2.45) is 5.41 Å². The minimum atomic E-state index is -0.209. The predicted octanol–water partition coefficient (Wildman–Crippen LogP) is 4.18. The molecule has 0 spiro atoms. The van der Waals surface area contributed by atoms with Crippen molar-refractivity contribution < 1.29 is 23.5 Å². The molecule has 154 valence electrons. The van der Waals surface area contributed by atoms with Crippen LogP contribution < -0.4 is 9.47 Å². The van der Waals surface area contributed by atoms with Crippen LogP contribution in [0.4, 0.5) is 0 Å². The molecule has 2 aliphatic rings. The van der Waals surface area contributed by atoms with Crippen LogP contribution in [0.15, 0.2) is 22.6 Å². The molecule has 0 bridgehead atoms. The van der Waals surface area contributed by atoms with E-state index < -0.39 is 0 Å². The molecule has 6 nitrogen and oxygen atoms in total. The summed E-state index contributed by atoms with van der Waals surface area (Å²) >= 11 is 0. The van der Waals surface area contributed by atoms with Gasteiger partial charge < -0.3 is 18.8 Å². The Labute approximate surface area is 170 Å². The number of ether oxygens (including phenoxy) is 2. The Kier molecular flexibility index (Phi) is 4.89. The summed E-state index contributed by atoms with van der Waals surface area (Å²) in [5.41, 5.74) is 1.99. The molecule has 6 heteroatoms. The van der Waals surface area contributed by atoms with Crippen LogP contribution >= 0.6 is 0 Å². The van der Waals surface area contributed by atoms with E-state index in [0.717, 1.165) is 5.56 Å². The molecule has 0 saturated carbocycles. The molecule has 1 aliphatic heterocycles. The van der Waals surface area contributed by atoms with Crippen molar-refractivity contribution in [2.45, 2.75) is 47.1 Å². The van der Waals surface area contributed by atoms with Crippen LogP contribution in [-0.2, 0) is 13.0 Å². The smallest absolute Gasteiger partial charge is 0.290 e. The minimum Gasteiger partial charge on any atom is -0.486 e. The van der Waals surface area contributed by atoms with E-state index in [1.54, 1.807) is 11.8 Å². The maximum absolute atomic E-state index is 13.3. The average molecular weight is 397 g/mol. The largest absolute Gasteiger partial charge is 0.486 e. The van der Waals surface area contributed by atoms with Crippen molar-refractivity contribution in [1.82, 2.24) is 4.90 Å². The predicted molar refractivity (Wildman–Crippen MR) is 108 cm³/mol. The van der Waals surface area contributed by atoms with Crippen molar-refractivity contribution in [3.8, 4) is 11.5 Å². The molecule has 4 rings (SSSR count). The number of para-hydroxylation sites is 1. The summed E-state index contributed by atoms with van der Waals surface area (Å²) in [6.45, 7) is 9.73. The number of benzene rings is 1. The van der Waals surface area contributed by atoms with Crippen LogP contribution in [0.1, 0.15) is 65.0 Å². The van der Waals surface area contributed by atoms with Gasteiger partial charge in [0.1, 0.15) is 19.0 Å². The molecule has 2 aromatic rings. The Morgan fingerprint density at radius 1 is 1.17 bits per heavy atom. The van der Waals surface area contributed by atoms with Gasteiger partial charge in [0.15, 0.2) is 23.0 Å². The Bertz CT molecular complexity index is 972. The zero-order chi connectivity index (χ0) is 20.8. The van der Waals surface area contributed by atoms with E-state index in [9.17, 15) is 9.59 Å². The molecular weight excluding hydrogens is 370 g/mol. The molecule has 0 fully saturated rings. The molecule has 29 heavy (non-hydrogen) atoms. The van der Waals surface area contributed by atoms with Crippen molar-refractivity contribution >= 4 is 11.7 Å². The maximum atomic E-state index is 13.3. The van der Waals surface area contributed by atoms with E-state index in [-0.39, 0.29) is 22.9 Å². The maximum Gasteiger partial charge on any atom is 0.290 e. The van der Waals surface area contributed by atoms with Gasteiger partial charge in [-0.15, -0.1) is 0 Å². The number of amides is 1. The summed E-state index contributed by atoms with van der Waals surface area (Å²) in [4.78, 5) is 27.6. The number of furan rings is 1. The number of rotatable bonds is 4. The minimum absolute atomic E-state index is 0.0577. The van der Waals surface area contributed by atoms with Gasteiger partial charge in [-0.2, -0.15) is 0 Å². The van der Waals surface area contributed by atoms with E-state index in [2.05, 4.69) is 0 Å². The zero-order valence-electron chi connectivity index (χ0n) is 17.5. The first-order valence-corrected chi connectivity index (χ1v) is 10.1. The third-order valence-corrected chi connectivity index (χ3v) is 5.65. The molecule has 1 amide bonds. The number of hydrogen-bond donors (Lipinski definition) is 0. The second-order valence-corrected chi connectivity index (χ2v) is 8.56. The molecule has 1 aliphatic carbocycles. The van der Waals surface area contributed by atoms with Crippen LogP contribution in [0.2, 0.25) is 0 Å². The van der Waals surface area contributed by atoms with Gasteiger partial charge in [-0.1, -0.05) is 26.0 Å². The van der Waals surface area contributed by atoms with Crippen molar-refractivity contribution in [3.63, 3.8) is 0 Å². The summed E-state index contributed by atoms with van der Waals surface area (Å²) in [7, 11) is 0. The van der Waals surface area contributed by atoms with Gasteiger partial charge in [-0.05, 0) is 25.3 Å². The van der Waals surface area contributed by atoms with Gasteiger partial charge in [0.05, 0.1) is 5.56 Å². The highest BCUT2D eigenvalue weighted by atomic mass is 16.6. The number of ketones is 1. The van der Waals surface area contributed by atoms with Crippen molar-refractivity contribution in [3.05, 3.63) is 46.4 Å². The van der Waals surface area contributed by atoms with Crippen LogP contribution in [0.5, 0.6) is 11.5 Å². The highest BCUT2D eigenvalue weighted by Gasteiger charge is 2.37. The Balaban J connectivity index is 1.63. The lowest BCUT2D eigenvalue weighted by molar-refractivity contribution is 0.0710. The topological polar surface area (TPSA) is 69.0 Å². The summed E-state index contributed by atoms with van der Waals surface area (Å²) in [5, 5.41) is 0. The van der Waals surface area contributed by atoms with E-state index in [0.29, 0.717) is 67.5 Å². The number of Topliss-reactive ketones (excluding diaryl/α,β-unsaturated/α-hetero) is 1. The van der Waals surface area contributed by atoms with Crippen molar-refractivity contribution in [1.29, 1.82) is 0 Å². The monoisotopic (exact) mass is 397 g/mol. The van der Waals surface area contributed by atoms with E-state index >= 15 is 0 Å². The van der Waals surface area contributed by atoms with E-state index in [1.165, 1.54) is 0 Å². The molecular formula is C23H27NO5. The highest BCUT2D eigenvalue weighted by molar-refractivity contribution is 6.03. The number of nitrogens with zero attached hydrogens (tertiary/aromatic N) is 1. The van der Waals surface area contributed by atoms with Gasteiger partial charge in [0, 0.05) is 37.1 Å². The quantitative estimate of drug-likeness (QED) is 0.774. The summed E-state index contributed by atoms with van der Waals surface area (Å²) < 4.78 is 17.4. The first-order valence-electron chi connectivity index (χ1n) is 10.1. The molecule has 0 atom stereocenters. The van der Waals surface area contributed by atoms with Crippen LogP contribution in [-0.4, -0.2) is 36.3 Å². The molecule has 0 N–H and O–H groups in total. The number of carbonyl (C=O) groups excluding carboxylic acids is 2. The SMILES string of the molecule is CCN(Cc1cccc2c1OCCO2)C(=O)c1oc2c(c1C)C(=O)CC(C)(C)C2. The lowest BCUT2D eigenvalue weighted by atomic mass is 9.76. The molecule has 2 heterocycles. The molecule has 0 radical (unpaired) electrons. The van der Waals surface area contributed by atoms with Crippen LogP contribution in [0.25, 0.3) is 0 Å². The fourth-order valence-electron chi connectivity index (χ4n) is 4.22. The van der Waals surface area contributed by atoms with Gasteiger partial charge in [0.25, 0.3) is 5.91 Å². The second-order valence-electron chi connectivity index (χ2n) is 8.56. The van der Waals surface area contributed by atoms with Crippen LogP contribution in [0.3, 0.4) is 0 Å². The van der Waals surface area contributed by atoms with Crippen molar-refractivity contribution in [2.75, 3.05) is 19.8 Å². The number of fused-ring (bicyclic) bond motifs is 2. The summed E-state index contributed by atoms with van der Waals surface area (Å²) in [5.74, 6) is 2.15. The third kappa shape index (κ3) is 3.52. The van der Waals surface area contributed by atoms with Gasteiger partial charge >= 0.3 is 0 Å². The Morgan fingerprint density at radius 3 is 2.69 bits per heavy atom. The standard InChI is InChI=1S/C23H27NO5/c1-5-24(13-15-7-6-8-17-21(15)28-10-9-27-17)22(26)20-14(2)19-16(25)11-23(3,4)12-18(19)29-20/h6-8H,5,9-13H2,1-4H3. The first kappa shape index (κ1) is 19.6. The molecule has 0 unspecified atom stereocenters. The van der Waals surface area contributed by atoms with E-state index in [4.69, 9.17) is 13.9 Å². The summed E-state index contributed by atoms with van der Waals surface area (Å²) in [6, 6.07) is 5.71. The fourth-order valence-corrected chi connectivity index (χ4v) is 4.22. The average Bonchev–Trinajstić information content (AvgIpc) is 3.00. The van der Waals surface area contributed by atoms with Crippen LogP contribution in [0, 0.1) is 12.3 Å². The second kappa shape index (κ2) is 7.25. The van der Waals surface area contributed by atoms with E-state index in [1.807, 2.05) is 39.0 Å². The Hall–Kier alpha value is -2.76. The fraction of sp³-hybridized carbons (Fsp3) is 0.478. The van der Waals surface area contributed by atoms with Gasteiger partial charge in [-0.3, -0.25) is 9.59 Å². The summed E-state index contributed by atoms with van der Waals surface area (Å²) in [6.07, 6.45) is 1.13. The number of hydrogen-bond acceptors (Lipinski definition) is 5. The molecule has 0 saturated heterocycles. The Morgan fingerprint density at radius 2 is 1.93 bits per heavy atom. The normalized spacial score (nSPS) is 17.0. The third-order valence-electron chi connectivity index (χ3n) is 5.65. The molecule has 1 aromatic heterocycles. The highest BCUT2D eigenvalue weighted by Crippen LogP contribution is 2.39. The lowest BCUT2D eigenvalue weighted by Crippen LogP contribution is -2.31. The zero-order valence-corrected chi connectivity index (χ0v) is 17.5. The first-order chi connectivity index (χ1) is 13.8. The van der Waals surface area contributed by atoms with Gasteiger partial charge in [-0.25, -0.2) is 0 Å². The molecule has 1 aromatic carbocycles. The lowest BCUT2D eigenvalue weighted by Gasteiger charge is -2.27.